The van der Waals surface area contributed by atoms with Gasteiger partial charge in [-0.25, -0.2) is 0 Å². The first-order chi connectivity index (χ1) is 6.27. The molecule has 2 heterocycles. The fraction of sp³-hybridized carbons (Fsp3) is 0.571. The smallest absolute Gasteiger partial charge is 0.239 e. The van der Waals surface area contributed by atoms with Gasteiger partial charge in [-0.2, -0.15) is 0 Å². The minimum Gasteiger partial charge on any atom is -0.336 e. The van der Waals surface area contributed by atoms with Crippen molar-refractivity contribution in [1.29, 1.82) is 0 Å². The highest BCUT2D eigenvalue weighted by Crippen LogP contribution is 2.14. The molecule has 2 N–H and O–H groups in total. The van der Waals surface area contributed by atoms with Gasteiger partial charge in [-0.05, 0) is 18.0 Å². The van der Waals surface area contributed by atoms with Crippen LogP contribution in [0, 0.1) is 0 Å². The van der Waals surface area contributed by atoms with Crippen LogP contribution in [0.1, 0.15) is 11.3 Å². The van der Waals surface area contributed by atoms with Gasteiger partial charge in [-0.1, -0.05) is 4.49 Å². The van der Waals surface area contributed by atoms with Gasteiger partial charge in [0.15, 0.2) is 0 Å². The van der Waals surface area contributed by atoms with Gasteiger partial charge in [-0.15, -0.1) is 5.10 Å². The fourth-order valence-electron chi connectivity index (χ4n) is 1.37. The third-order valence-corrected chi connectivity index (χ3v) is 2.74. The van der Waals surface area contributed by atoms with Crippen molar-refractivity contribution in [2.24, 2.45) is 5.73 Å². The van der Waals surface area contributed by atoms with Crippen LogP contribution in [-0.4, -0.2) is 33.0 Å². The maximum atomic E-state index is 11.4. The van der Waals surface area contributed by atoms with Crippen LogP contribution in [0.2, 0.25) is 0 Å². The molecule has 0 bridgehead atoms. The van der Waals surface area contributed by atoms with Crippen molar-refractivity contribution in [3.8, 4) is 0 Å². The fourth-order valence-corrected chi connectivity index (χ4v) is 1.87. The average molecular weight is 198 g/mol. The van der Waals surface area contributed by atoms with Gasteiger partial charge in [0.05, 0.1) is 23.7 Å². The number of carbonyl (C=O) groups excluding carboxylic acids is 1. The van der Waals surface area contributed by atoms with E-state index in [1.165, 1.54) is 11.5 Å². The van der Waals surface area contributed by atoms with Gasteiger partial charge >= 0.3 is 0 Å². The van der Waals surface area contributed by atoms with E-state index in [9.17, 15) is 4.79 Å². The van der Waals surface area contributed by atoms with Crippen molar-refractivity contribution in [3.63, 3.8) is 0 Å². The predicted octanol–water partition coefficient (Wildman–Crippen LogP) is -0.402. The zero-order valence-corrected chi connectivity index (χ0v) is 7.83. The summed E-state index contributed by atoms with van der Waals surface area (Å²) in [4.78, 5) is 14.1. The molecule has 0 aliphatic carbocycles. The Labute approximate surface area is 79.7 Å². The van der Waals surface area contributed by atoms with Crippen molar-refractivity contribution in [1.82, 2.24) is 14.5 Å². The molecule has 1 aromatic heterocycles. The number of likely N-dealkylation sites (tertiary alicyclic amines) is 1. The third-order valence-electron chi connectivity index (χ3n) is 2.09. The van der Waals surface area contributed by atoms with Crippen LogP contribution in [0.5, 0.6) is 0 Å². The molecule has 1 aliphatic heterocycles. The lowest BCUT2D eigenvalue weighted by atomic mass is 10.3. The molecule has 1 aromatic rings. The van der Waals surface area contributed by atoms with Crippen LogP contribution in [0.25, 0.3) is 0 Å². The van der Waals surface area contributed by atoms with E-state index in [-0.39, 0.29) is 11.9 Å². The second-order valence-electron chi connectivity index (χ2n) is 3.04. The summed E-state index contributed by atoms with van der Waals surface area (Å²) in [5.74, 6) is 0.0356. The molecule has 0 saturated carbocycles. The van der Waals surface area contributed by atoms with E-state index < -0.39 is 0 Å². The van der Waals surface area contributed by atoms with E-state index in [1.807, 2.05) is 0 Å². The Hall–Kier alpha value is -1.01. The Bertz CT molecular complexity index is 299. The standard InChI is InChI=1S/C7H10N4OS/c8-6-1-2-11(7(6)12)4-5-3-9-10-13-5/h3,6H,1-2,4,8H2. The van der Waals surface area contributed by atoms with E-state index >= 15 is 0 Å². The van der Waals surface area contributed by atoms with E-state index in [0.29, 0.717) is 6.54 Å². The maximum absolute atomic E-state index is 11.4. The first-order valence-corrected chi connectivity index (χ1v) is 4.85. The van der Waals surface area contributed by atoms with Crippen molar-refractivity contribution in [2.75, 3.05) is 6.54 Å². The van der Waals surface area contributed by atoms with Gasteiger partial charge in [0.25, 0.3) is 0 Å². The minimum absolute atomic E-state index is 0.0356. The van der Waals surface area contributed by atoms with E-state index in [4.69, 9.17) is 5.73 Å². The van der Waals surface area contributed by atoms with Crippen LogP contribution in [0.4, 0.5) is 0 Å². The summed E-state index contributed by atoms with van der Waals surface area (Å²) in [5, 5.41) is 3.71. The molecule has 70 valence electrons. The Balaban J connectivity index is 2.00. The van der Waals surface area contributed by atoms with Gasteiger partial charge in [0.1, 0.15) is 0 Å². The molecule has 1 atom stereocenters. The SMILES string of the molecule is NC1CCN(Cc2cnns2)C1=O. The number of carbonyl (C=O) groups is 1. The third kappa shape index (κ3) is 1.68. The predicted molar refractivity (Wildman–Crippen MR) is 47.9 cm³/mol. The molecule has 2 rings (SSSR count). The minimum atomic E-state index is -0.305. The molecule has 0 radical (unpaired) electrons. The maximum Gasteiger partial charge on any atom is 0.239 e. The Morgan fingerprint density at radius 1 is 1.77 bits per heavy atom. The molecule has 5 nitrogen and oxygen atoms in total. The lowest BCUT2D eigenvalue weighted by Crippen LogP contribution is -2.33. The molecule has 1 aliphatic rings. The van der Waals surface area contributed by atoms with Gasteiger partial charge in [0.2, 0.25) is 5.91 Å². The molecule has 1 amide bonds. The lowest BCUT2D eigenvalue weighted by molar-refractivity contribution is -0.129. The van der Waals surface area contributed by atoms with Crippen molar-refractivity contribution in [3.05, 3.63) is 11.1 Å². The first kappa shape index (κ1) is 8.58. The largest absolute Gasteiger partial charge is 0.336 e. The average Bonchev–Trinajstić information content (AvgIpc) is 2.71. The van der Waals surface area contributed by atoms with Crippen LogP contribution >= 0.6 is 11.5 Å². The number of amides is 1. The summed E-state index contributed by atoms with van der Waals surface area (Å²) in [6.07, 6.45) is 2.44. The topological polar surface area (TPSA) is 72.1 Å². The summed E-state index contributed by atoms with van der Waals surface area (Å²) in [7, 11) is 0. The second kappa shape index (κ2) is 3.39. The zero-order chi connectivity index (χ0) is 9.26. The Morgan fingerprint density at radius 3 is 3.15 bits per heavy atom. The summed E-state index contributed by atoms with van der Waals surface area (Å²) < 4.78 is 3.73. The van der Waals surface area contributed by atoms with Crippen molar-refractivity contribution < 1.29 is 4.79 Å². The normalized spacial score (nSPS) is 22.7. The van der Waals surface area contributed by atoms with Crippen LogP contribution in [0.15, 0.2) is 6.20 Å². The Kier molecular flexibility index (Phi) is 2.24. The zero-order valence-electron chi connectivity index (χ0n) is 7.01. The van der Waals surface area contributed by atoms with Gasteiger partial charge in [-0.3, -0.25) is 4.79 Å². The molecule has 6 heteroatoms. The number of hydrogen-bond acceptors (Lipinski definition) is 5. The molecule has 1 unspecified atom stereocenters. The number of aromatic nitrogens is 2. The first-order valence-electron chi connectivity index (χ1n) is 4.08. The van der Waals surface area contributed by atoms with Crippen molar-refractivity contribution >= 4 is 17.4 Å². The lowest BCUT2D eigenvalue weighted by Gasteiger charge is -2.13. The molecule has 1 saturated heterocycles. The summed E-state index contributed by atoms with van der Waals surface area (Å²) in [5.41, 5.74) is 5.58. The van der Waals surface area contributed by atoms with Crippen molar-refractivity contribution in [2.45, 2.75) is 19.0 Å². The molecule has 0 spiro atoms. The summed E-state index contributed by atoms with van der Waals surface area (Å²) >= 11 is 1.32. The van der Waals surface area contributed by atoms with Crippen LogP contribution in [-0.2, 0) is 11.3 Å². The number of nitrogens with two attached hydrogens (primary N) is 1. The molecular weight excluding hydrogens is 188 g/mol. The molecular formula is C7H10N4OS. The van der Waals surface area contributed by atoms with E-state index in [0.717, 1.165) is 17.8 Å². The van der Waals surface area contributed by atoms with Gasteiger partial charge in [0, 0.05) is 6.54 Å². The highest BCUT2D eigenvalue weighted by Gasteiger charge is 2.28. The molecule has 1 fully saturated rings. The summed E-state index contributed by atoms with van der Waals surface area (Å²) in [6, 6.07) is -0.305. The van der Waals surface area contributed by atoms with E-state index in [1.54, 1.807) is 11.1 Å². The highest BCUT2D eigenvalue weighted by atomic mass is 32.1. The van der Waals surface area contributed by atoms with Crippen LogP contribution < -0.4 is 5.73 Å². The number of nitrogens with zero attached hydrogens (tertiary/aromatic N) is 3. The molecule has 0 aromatic carbocycles. The van der Waals surface area contributed by atoms with E-state index in [2.05, 4.69) is 9.59 Å². The number of hydrogen-bond donors (Lipinski definition) is 1. The monoisotopic (exact) mass is 198 g/mol. The van der Waals surface area contributed by atoms with Gasteiger partial charge < -0.3 is 10.6 Å². The quantitative estimate of drug-likeness (QED) is 0.701. The highest BCUT2D eigenvalue weighted by molar-refractivity contribution is 7.05. The Morgan fingerprint density at radius 2 is 2.62 bits per heavy atom. The second-order valence-corrected chi connectivity index (χ2v) is 3.91. The van der Waals surface area contributed by atoms with Crippen LogP contribution in [0.3, 0.4) is 0 Å². The summed E-state index contributed by atoms with van der Waals surface area (Å²) in [6.45, 7) is 1.35. The molecule has 13 heavy (non-hydrogen) atoms. The number of rotatable bonds is 2.